The fourth-order valence-corrected chi connectivity index (χ4v) is 1.96. The molecule has 0 atom stereocenters. The molecular formula is C12H25. The lowest BCUT2D eigenvalue weighted by molar-refractivity contribution is 0.289. The predicted octanol–water partition coefficient (Wildman–Crippen LogP) is 4.60. The van der Waals surface area contributed by atoms with E-state index in [1.807, 2.05) is 0 Å². The highest BCUT2D eigenvalue weighted by molar-refractivity contribution is 5.02. The standard InChI is InChI=1S/C12H25/c1-6-10-11(7-2)12(5,8-3)9-4/h6-10H2,1-5H3. The molecule has 0 amide bonds. The minimum Gasteiger partial charge on any atom is -0.0654 e. The molecule has 0 rings (SSSR count). The molecule has 0 aromatic heterocycles. The lowest BCUT2D eigenvalue weighted by Crippen LogP contribution is -2.23. The molecule has 0 aliphatic carbocycles. The second kappa shape index (κ2) is 5.61. The van der Waals surface area contributed by atoms with E-state index in [9.17, 15) is 0 Å². The van der Waals surface area contributed by atoms with Crippen LogP contribution >= 0.6 is 0 Å². The summed E-state index contributed by atoms with van der Waals surface area (Å²) < 4.78 is 0. The molecule has 0 aromatic rings. The molecular weight excluding hydrogens is 144 g/mol. The fraction of sp³-hybridized carbons (Fsp3) is 0.917. The summed E-state index contributed by atoms with van der Waals surface area (Å²) in [7, 11) is 0. The van der Waals surface area contributed by atoms with Crippen molar-refractivity contribution in [1.82, 2.24) is 0 Å². The van der Waals surface area contributed by atoms with Gasteiger partial charge in [-0.15, -0.1) is 0 Å². The normalized spacial score (nSPS) is 12.5. The Morgan fingerprint density at radius 2 is 1.50 bits per heavy atom. The molecule has 0 heteroatoms. The van der Waals surface area contributed by atoms with Crippen molar-refractivity contribution in [2.75, 3.05) is 0 Å². The van der Waals surface area contributed by atoms with Crippen LogP contribution in [0.2, 0.25) is 0 Å². The summed E-state index contributed by atoms with van der Waals surface area (Å²) in [6, 6.07) is 0. The van der Waals surface area contributed by atoms with Gasteiger partial charge in [-0.25, -0.2) is 0 Å². The van der Waals surface area contributed by atoms with Crippen molar-refractivity contribution >= 4 is 0 Å². The van der Waals surface area contributed by atoms with Crippen molar-refractivity contribution in [1.29, 1.82) is 0 Å². The average molecular weight is 169 g/mol. The maximum Gasteiger partial charge on any atom is -0.0185 e. The smallest absolute Gasteiger partial charge is 0.0185 e. The Balaban J connectivity index is 4.21. The van der Waals surface area contributed by atoms with Gasteiger partial charge in [-0.05, 0) is 24.2 Å². The van der Waals surface area contributed by atoms with Crippen LogP contribution in [0.25, 0.3) is 0 Å². The Morgan fingerprint density at radius 1 is 1.00 bits per heavy atom. The highest BCUT2D eigenvalue weighted by Crippen LogP contribution is 2.40. The van der Waals surface area contributed by atoms with Crippen LogP contribution in [-0.4, -0.2) is 0 Å². The summed E-state index contributed by atoms with van der Waals surface area (Å²) >= 11 is 0. The maximum absolute atomic E-state index is 2.42. The number of rotatable bonds is 6. The van der Waals surface area contributed by atoms with Gasteiger partial charge in [-0.1, -0.05) is 53.9 Å². The lowest BCUT2D eigenvalue weighted by atomic mass is 9.70. The van der Waals surface area contributed by atoms with Crippen molar-refractivity contribution in [3.63, 3.8) is 0 Å². The monoisotopic (exact) mass is 169 g/mol. The van der Waals surface area contributed by atoms with Crippen molar-refractivity contribution < 1.29 is 0 Å². The van der Waals surface area contributed by atoms with Crippen LogP contribution in [0.4, 0.5) is 0 Å². The first-order chi connectivity index (χ1) is 5.64. The van der Waals surface area contributed by atoms with Gasteiger partial charge in [-0.3, -0.25) is 0 Å². The van der Waals surface area contributed by atoms with E-state index in [0.717, 1.165) is 0 Å². The SMILES string of the molecule is CCC[C](CC)C(C)(CC)CC. The fourth-order valence-electron chi connectivity index (χ4n) is 1.96. The van der Waals surface area contributed by atoms with Gasteiger partial charge in [0.25, 0.3) is 0 Å². The van der Waals surface area contributed by atoms with Crippen molar-refractivity contribution in [3.05, 3.63) is 5.92 Å². The highest BCUT2D eigenvalue weighted by Gasteiger charge is 2.28. The molecule has 0 fully saturated rings. The molecule has 0 saturated heterocycles. The molecule has 12 heavy (non-hydrogen) atoms. The van der Waals surface area contributed by atoms with Gasteiger partial charge >= 0.3 is 0 Å². The minimum atomic E-state index is 0.519. The first-order valence-corrected chi connectivity index (χ1v) is 5.49. The summed E-state index contributed by atoms with van der Waals surface area (Å²) in [5, 5.41) is 0. The minimum absolute atomic E-state index is 0.519. The van der Waals surface area contributed by atoms with E-state index in [0.29, 0.717) is 5.41 Å². The Hall–Kier alpha value is 0. The highest BCUT2D eigenvalue weighted by atomic mass is 14.3. The molecule has 0 spiro atoms. The third-order valence-corrected chi connectivity index (χ3v) is 3.39. The topological polar surface area (TPSA) is 0 Å². The predicted molar refractivity (Wildman–Crippen MR) is 57.1 cm³/mol. The van der Waals surface area contributed by atoms with E-state index >= 15 is 0 Å². The maximum atomic E-state index is 2.42. The Morgan fingerprint density at radius 3 is 1.75 bits per heavy atom. The number of hydrogen-bond acceptors (Lipinski definition) is 0. The van der Waals surface area contributed by atoms with Crippen LogP contribution in [0, 0.1) is 11.3 Å². The van der Waals surface area contributed by atoms with E-state index in [-0.39, 0.29) is 0 Å². The van der Waals surface area contributed by atoms with Gasteiger partial charge in [0.1, 0.15) is 0 Å². The van der Waals surface area contributed by atoms with E-state index in [1.165, 1.54) is 32.1 Å². The molecule has 0 aliphatic heterocycles. The Bertz CT molecular complexity index is 101. The van der Waals surface area contributed by atoms with Gasteiger partial charge in [0.2, 0.25) is 0 Å². The van der Waals surface area contributed by atoms with Gasteiger partial charge < -0.3 is 0 Å². The van der Waals surface area contributed by atoms with Crippen molar-refractivity contribution in [3.8, 4) is 0 Å². The largest absolute Gasteiger partial charge is 0.0654 e. The molecule has 0 bridgehead atoms. The first kappa shape index (κ1) is 12.0. The summed E-state index contributed by atoms with van der Waals surface area (Å²) in [6.45, 7) is 11.6. The van der Waals surface area contributed by atoms with Gasteiger partial charge in [-0.2, -0.15) is 0 Å². The van der Waals surface area contributed by atoms with Crippen LogP contribution in [0.15, 0.2) is 0 Å². The Labute approximate surface area is 78.8 Å². The van der Waals surface area contributed by atoms with E-state index in [1.54, 1.807) is 5.92 Å². The van der Waals surface area contributed by atoms with Crippen LogP contribution in [-0.2, 0) is 0 Å². The van der Waals surface area contributed by atoms with Crippen molar-refractivity contribution in [2.45, 2.75) is 66.7 Å². The summed E-state index contributed by atoms with van der Waals surface area (Å²) in [6.07, 6.45) is 6.50. The quantitative estimate of drug-likeness (QED) is 0.545. The third kappa shape index (κ3) is 2.80. The van der Waals surface area contributed by atoms with Crippen LogP contribution in [0.5, 0.6) is 0 Å². The molecule has 73 valence electrons. The van der Waals surface area contributed by atoms with Gasteiger partial charge in [0.05, 0.1) is 0 Å². The zero-order valence-corrected chi connectivity index (χ0v) is 9.54. The van der Waals surface area contributed by atoms with E-state index < -0.39 is 0 Å². The van der Waals surface area contributed by atoms with Crippen LogP contribution < -0.4 is 0 Å². The van der Waals surface area contributed by atoms with Gasteiger partial charge in [0.15, 0.2) is 0 Å². The zero-order valence-electron chi connectivity index (χ0n) is 9.54. The van der Waals surface area contributed by atoms with E-state index in [4.69, 9.17) is 0 Å². The molecule has 0 nitrogen and oxygen atoms in total. The molecule has 0 saturated carbocycles. The third-order valence-electron chi connectivity index (χ3n) is 3.39. The Kier molecular flexibility index (Phi) is 5.61. The molecule has 0 N–H and O–H groups in total. The average Bonchev–Trinajstić information content (AvgIpc) is 2.13. The van der Waals surface area contributed by atoms with Crippen molar-refractivity contribution in [2.24, 2.45) is 5.41 Å². The summed E-state index contributed by atoms with van der Waals surface area (Å²) in [4.78, 5) is 0. The molecule has 0 heterocycles. The number of hydrogen-bond donors (Lipinski definition) is 0. The molecule has 0 unspecified atom stereocenters. The van der Waals surface area contributed by atoms with E-state index in [2.05, 4.69) is 34.6 Å². The summed E-state index contributed by atoms with van der Waals surface area (Å²) in [5.41, 5.74) is 0.519. The lowest BCUT2D eigenvalue weighted by Gasteiger charge is -2.35. The zero-order chi connectivity index (χ0) is 9.61. The second-order valence-corrected chi connectivity index (χ2v) is 3.97. The molecule has 0 aromatic carbocycles. The first-order valence-electron chi connectivity index (χ1n) is 5.49. The van der Waals surface area contributed by atoms with Crippen LogP contribution in [0.1, 0.15) is 66.7 Å². The summed E-state index contributed by atoms with van der Waals surface area (Å²) in [5.74, 6) is 1.77. The van der Waals surface area contributed by atoms with Crippen LogP contribution in [0.3, 0.4) is 0 Å². The molecule has 0 aliphatic rings. The molecule has 1 radical (unpaired) electrons. The van der Waals surface area contributed by atoms with Gasteiger partial charge in [0, 0.05) is 0 Å². The second-order valence-electron chi connectivity index (χ2n) is 3.97.